The van der Waals surface area contributed by atoms with Crippen molar-refractivity contribution in [2.75, 3.05) is 31.1 Å². The quantitative estimate of drug-likeness (QED) is 0.840. The standard InChI is InChI=1S/C18H18Cl2N2O/c19-15-6-2-1-5-14(15)13-18(23)22-11-9-21(10-12-22)17-8-4-3-7-16(17)20/h1-8H,9-13H2. The molecule has 0 unspecified atom stereocenters. The van der Waals surface area contributed by atoms with Crippen LogP contribution in [0.15, 0.2) is 48.5 Å². The maximum absolute atomic E-state index is 12.5. The number of carbonyl (C=O) groups is 1. The predicted octanol–water partition coefficient (Wildman–Crippen LogP) is 3.88. The van der Waals surface area contributed by atoms with Gasteiger partial charge in [-0.15, -0.1) is 0 Å². The second kappa shape index (κ2) is 7.24. The van der Waals surface area contributed by atoms with Crippen LogP contribution in [0.3, 0.4) is 0 Å². The zero-order valence-corrected chi connectivity index (χ0v) is 14.2. The molecule has 0 N–H and O–H groups in total. The van der Waals surface area contributed by atoms with Crippen molar-refractivity contribution in [3.05, 3.63) is 64.1 Å². The van der Waals surface area contributed by atoms with Crippen LogP contribution in [0.4, 0.5) is 5.69 Å². The highest BCUT2D eigenvalue weighted by molar-refractivity contribution is 6.33. The molecule has 0 saturated carbocycles. The number of rotatable bonds is 3. The van der Waals surface area contributed by atoms with Crippen LogP contribution >= 0.6 is 23.2 Å². The van der Waals surface area contributed by atoms with Gasteiger partial charge in [-0.05, 0) is 23.8 Å². The van der Waals surface area contributed by atoms with Crippen molar-refractivity contribution in [1.29, 1.82) is 0 Å². The molecule has 1 saturated heterocycles. The minimum Gasteiger partial charge on any atom is -0.367 e. The van der Waals surface area contributed by atoms with E-state index in [1.165, 1.54) is 0 Å². The summed E-state index contributed by atoms with van der Waals surface area (Å²) < 4.78 is 0. The summed E-state index contributed by atoms with van der Waals surface area (Å²) in [5, 5.41) is 1.40. The van der Waals surface area contributed by atoms with Crippen molar-refractivity contribution in [1.82, 2.24) is 4.90 Å². The number of piperazine rings is 1. The molecule has 3 nitrogen and oxygen atoms in total. The monoisotopic (exact) mass is 348 g/mol. The number of anilines is 1. The number of halogens is 2. The van der Waals surface area contributed by atoms with Crippen LogP contribution in [0.1, 0.15) is 5.56 Å². The molecular formula is C18H18Cl2N2O. The van der Waals surface area contributed by atoms with Crippen LogP contribution in [0.5, 0.6) is 0 Å². The van der Waals surface area contributed by atoms with Gasteiger partial charge in [0.25, 0.3) is 0 Å². The maximum Gasteiger partial charge on any atom is 0.227 e. The Labute approximate surface area is 146 Å². The summed E-state index contributed by atoms with van der Waals surface area (Å²) in [5.41, 5.74) is 1.92. The molecule has 1 fully saturated rings. The lowest BCUT2D eigenvalue weighted by Gasteiger charge is -2.36. The number of para-hydroxylation sites is 1. The lowest BCUT2D eigenvalue weighted by Crippen LogP contribution is -2.49. The van der Waals surface area contributed by atoms with Gasteiger partial charge in [0.2, 0.25) is 5.91 Å². The van der Waals surface area contributed by atoms with E-state index in [2.05, 4.69) is 4.90 Å². The summed E-state index contributed by atoms with van der Waals surface area (Å²) in [6, 6.07) is 15.3. The molecule has 0 radical (unpaired) electrons. The Morgan fingerprint density at radius 1 is 0.870 bits per heavy atom. The first-order valence-corrected chi connectivity index (χ1v) is 8.41. The van der Waals surface area contributed by atoms with E-state index < -0.39 is 0 Å². The van der Waals surface area contributed by atoms with Gasteiger partial charge in [-0.1, -0.05) is 53.5 Å². The van der Waals surface area contributed by atoms with E-state index >= 15 is 0 Å². The molecule has 3 rings (SSSR count). The molecule has 0 aromatic heterocycles. The smallest absolute Gasteiger partial charge is 0.227 e. The molecule has 1 amide bonds. The molecule has 1 aliphatic rings. The first kappa shape index (κ1) is 16.2. The van der Waals surface area contributed by atoms with Gasteiger partial charge in [-0.2, -0.15) is 0 Å². The molecule has 0 spiro atoms. The Morgan fingerprint density at radius 3 is 2.13 bits per heavy atom. The SMILES string of the molecule is O=C(Cc1ccccc1Cl)N1CCN(c2ccccc2Cl)CC1. The number of amides is 1. The fourth-order valence-corrected chi connectivity index (χ4v) is 3.28. The minimum absolute atomic E-state index is 0.122. The Kier molecular flexibility index (Phi) is 5.09. The number of carbonyl (C=O) groups excluding carboxylic acids is 1. The average Bonchev–Trinajstić information content (AvgIpc) is 2.57. The van der Waals surface area contributed by atoms with Crippen LogP contribution in [0, 0.1) is 0 Å². The molecule has 0 aliphatic carbocycles. The molecule has 2 aromatic rings. The van der Waals surface area contributed by atoms with Crippen LogP contribution in [0.25, 0.3) is 0 Å². The van der Waals surface area contributed by atoms with E-state index in [-0.39, 0.29) is 5.91 Å². The number of nitrogens with zero attached hydrogens (tertiary/aromatic N) is 2. The molecule has 1 aliphatic heterocycles. The van der Waals surface area contributed by atoms with Crippen molar-refractivity contribution in [3.8, 4) is 0 Å². The van der Waals surface area contributed by atoms with Crippen molar-refractivity contribution < 1.29 is 4.79 Å². The highest BCUT2D eigenvalue weighted by Crippen LogP contribution is 2.26. The number of hydrogen-bond acceptors (Lipinski definition) is 2. The second-order valence-electron chi connectivity index (χ2n) is 5.59. The molecule has 0 atom stereocenters. The van der Waals surface area contributed by atoms with Crippen LogP contribution in [-0.4, -0.2) is 37.0 Å². The van der Waals surface area contributed by atoms with E-state index in [9.17, 15) is 4.79 Å². The number of benzene rings is 2. The maximum atomic E-state index is 12.5. The van der Waals surface area contributed by atoms with Gasteiger partial charge in [-0.3, -0.25) is 4.79 Å². The average molecular weight is 349 g/mol. The zero-order chi connectivity index (χ0) is 16.2. The van der Waals surface area contributed by atoms with Gasteiger partial charge in [0.15, 0.2) is 0 Å². The summed E-state index contributed by atoms with van der Waals surface area (Å²) in [4.78, 5) is 16.6. The zero-order valence-electron chi connectivity index (χ0n) is 12.7. The van der Waals surface area contributed by atoms with E-state index in [1.54, 1.807) is 0 Å². The molecule has 5 heteroatoms. The van der Waals surface area contributed by atoms with Crippen LogP contribution in [0.2, 0.25) is 10.0 Å². The van der Waals surface area contributed by atoms with Gasteiger partial charge in [-0.25, -0.2) is 0 Å². The van der Waals surface area contributed by atoms with Crippen molar-refractivity contribution in [3.63, 3.8) is 0 Å². The Balaban J connectivity index is 1.60. The first-order chi connectivity index (χ1) is 11.1. The lowest BCUT2D eigenvalue weighted by molar-refractivity contribution is -0.130. The van der Waals surface area contributed by atoms with E-state index in [0.29, 0.717) is 24.5 Å². The topological polar surface area (TPSA) is 23.6 Å². The number of hydrogen-bond donors (Lipinski definition) is 0. The van der Waals surface area contributed by atoms with Gasteiger partial charge < -0.3 is 9.80 Å². The van der Waals surface area contributed by atoms with Crippen LogP contribution < -0.4 is 4.90 Å². The molecule has 0 bridgehead atoms. The lowest BCUT2D eigenvalue weighted by atomic mass is 10.1. The van der Waals surface area contributed by atoms with Crippen LogP contribution in [-0.2, 0) is 11.2 Å². The third kappa shape index (κ3) is 3.80. The largest absolute Gasteiger partial charge is 0.367 e. The normalized spacial score (nSPS) is 14.9. The third-order valence-corrected chi connectivity index (χ3v) is 4.81. The third-order valence-electron chi connectivity index (χ3n) is 4.13. The summed E-state index contributed by atoms with van der Waals surface area (Å²) in [6.07, 6.45) is 0.353. The first-order valence-electron chi connectivity index (χ1n) is 7.66. The van der Waals surface area contributed by atoms with E-state index in [1.807, 2.05) is 53.4 Å². The second-order valence-corrected chi connectivity index (χ2v) is 6.40. The van der Waals surface area contributed by atoms with Crippen molar-refractivity contribution >= 4 is 34.8 Å². The van der Waals surface area contributed by atoms with E-state index in [4.69, 9.17) is 23.2 Å². The molecular weight excluding hydrogens is 331 g/mol. The molecule has 120 valence electrons. The highest BCUT2D eigenvalue weighted by atomic mass is 35.5. The summed E-state index contributed by atoms with van der Waals surface area (Å²) >= 11 is 12.4. The fourth-order valence-electron chi connectivity index (χ4n) is 2.82. The fraction of sp³-hybridized carbons (Fsp3) is 0.278. The van der Waals surface area contributed by atoms with Crippen molar-refractivity contribution in [2.45, 2.75) is 6.42 Å². The Hall–Kier alpha value is -1.71. The molecule has 23 heavy (non-hydrogen) atoms. The minimum atomic E-state index is 0.122. The highest BCUT2D eigenvalue weighted by Gasteiger charge is 2.22. The summed E-state index contributed by atoms with van der Waals surface area (Å²) in [6.45, 7) is 2.99. The van der Waals surface area contributed by atoms with Gasteiger partial charge >= 0.3 is 0 Å². The summed E-state index contributed by atoms with van der Waals surface area (Å²) in [5.74, 6) is 0.122. The molecule has 2 aromatic carbocycles. The van der Waals surface area contributed by atoms with Gasteiger partial charge in [0, 0.05) is 31.2 Å². The summed E-state index contributed by atoms with van der Waals surface area (Å²) in [7, 11) is 0. The molecule has 1 heterocycles. The Morgan fingerprint density at radius 2 is 1.48 bits per heavy atom. The Bertz CT molecular complexity index is 697. The van der Waals surface area contributed by atoms with E-state index in [0.717, 1.165) is 29.4 Å². The predicted molar refractivity (Wildman–Crippen MR) is 95.4 cm³/mol. The van der Waals surface area contributed by atoms with Gasteiger partial charge in [0.1, 0.15) is 0 Å². The van der Waals surface area contributed by atoms with Gasteiger partial charge in [0.05, 0.1) is 17.1 Å². The van der Waals surface area contributed by atoms with Crippen molar-refractivity contribution in [2.24, 2.45) is 0 Å².